The van der Waals surface area contributed by atoms with Gasteiger partial charge < -0.3 is 0 Å². The summed E-state index contributed by atoms with van der Waals surface area (Å²) in [5.41, 5.74) is 5.99. The van der Waals surface area contributed by atoms with Crippen molar-refractivity contribution in [2.45, 2.75) is 53.4 Å². The summed E-state index contributed by atoms with van der Waals surface area (Å²) in [7, 11) is 0. The van der Waals surface area contributed by atoms with Gasteiger partial charge in [-0.1, -0.05) is 58.0 Å². The summed E-state index contributed by atoms with van der Waals surface area (Å²) in [5.74, 6) is 0. The summed E-state index contributed by atoms with van der Waals surface area (Å²) < 4.78 is 0. The lowest BCUT2D eigenvalue weighted by atomic mass is 9.88. The third-order valence-electron chi connectivity index (χ3n) is 5.02. The molecule has 0 heterocycles. The maximum absolute atomic E-state index is 2.42. The third kappa shape index (κ3) is 2.31. The molecule has 0 aliphatic carbocycles. The van der Waals surface area contributed by atoms with Gasteiger partial charge in [0.1, 0.15) is 0 Å². The third-order valence-corrected chi connectivity index (χ3v) is 5.02. The first-order valence-corrected chi connectivity index (χ1v) is 8.72. The van der Waals surface area contributed by atoms with Crippen LogP contribution in [0.4, 0.5) is 0 Å². The van der Waals surface area contributed by atoms with Gasteiger partial charge in [-0.3, -0.25) is 0 Å². The highest BCUT2D eigenvalue weighted by Crippen LogP contribution is 2.33. The van der Waals surface area contributed by atoms with Gasteiger partial charge in [-0.05, 0) is 75.5 Å². The van der Waals surface area contributed by atoms with Gasteiger partial charge >= 0.3 is 0 Å². The fraction of sp³-hybridized carbons (Fsp3) is 0.364. The standard InChI is InChI=1S/C22H26/c1-5-15-9-10-17-14-22-18(7-3)16(6-2)11-12-20(22)19(8-4)21(17)13-15/h9-14H,5-8H2,1-4H3. The Hall–Kier alpha value is -1.82. The van der Waals surface area contributed by atoms with E-state index in [9.17, 15) is 0 Å². The van der Waals surface area contributed by atoms with Gasteiger partial charge in [0.25, 0.3) is 0 Å². The molecule has 0 N–H and O–H groups in total. The van der Waals surface area contributed by atoms with E-state index in [4.69, 9.17) is 0 Å². The number of aryl methyl sites for hydroxylation is 4. The van der Waals surface area contributed by atoms with Crippen molar-refractivity contribution in [1.82, 2.24) is 0 Å². The molecule has 0 aliphatic rings. The molecule has 0 nitrogen and oxygen atoms in total. The molecule has 0 fully saturated rings. The van der Waals surface area contributed by atoms with Crippen molar-refractivity contribution < 1.29 is 0 Å². The molecule has 0 atom stereocenters. The van der Waals surface area contributed by atoms with E-state index in [1.54, 1.807) is 0 Å². The van der Waals surface area contributed by atoms with E-state index in [0.29, 0.717) is 0 Å². The topological polar surface area (TPSA) is 0 Å². The van der Waals surface area contributed by atoms with Crippen LogP contribution in [0.5, 0.6) is 0 Å². The minimum absolute atomic E-state index is 1.09. The molecule has 3 aromatic rings. The first kappa shape index (κ1) is 15.1. The monoisotopic (exact) mass is 290 g/mol. The highest BCUT2D eigenvalue weighted by molar-refractivity contribution is 6.04. The summed E-state index contributed by atoms with van der Waals surface area (Å²) in [6.07, 6.45) is 4.43. The maximum atomic E-state index is 2.42. The number of hydrogen-bond acceptors (Lipinski definition) is 0. The molecule has 0 saturated carbocycles. The molecule has 0 saturated heterocycles. The van der Waals surface area contributed by atoms with Gasteiger partial charge in [0.15, 0.2) is 0 Å². The fourth-order valence-electron chi connectivity index (χ4n) is 3.78. The fourth-order valence-corrected chi connectivity index (χ4v) is 3.78. The van der Waals surface area contributed by atoms with E-state index in [0.717, 1.165) is 25.7 Å². The molecule has 3 aromatic carbocycles. The molecule has 0 unspecified atom stereocenters. The molecule has 0 aliphatic heterocycles. The van der Waals surface area contributed by atoms with Crippen LogP contribution < -0.4 is 0 Å². The molecule has 0 amide bonds. The Bertz CT molecular complexity index is 824. The number of rotatable bonds is 4. The Morgan fingerprint density at radius 1 is 0.591 bits per heavy atom. The van der Waals surface area contributed by atoms with E-state index >= 15 is 0 Å². The van der Waals surface area contributed by atoms with Crippen LogP contribution in [0.25, 0.3) is 21.5 Å². The van der Waals surface area contributed by atoms with Crippen LogP contribution in [0, 0.1) is 0 Å². The summed E-state index contributed by atoms with van der Waals surface area (Å²) in [6, 6.07) is 14.1. The van der Waals surface area contributed by atoms with Crippen molar-refractivity contribution in [3.05, 3.63) is 58.7 Å². The average molecular weight is 290 g/mol. The van der Waals surface area contributed by atoms with Gasteiger partial charge in [-0.15, -0.1) is 0 Å². The SMILES string of the molecule is CCc1ccc2cc3c(CC)c(CC)ccc3c(CC)c2c1. The Labute approximate surface area is 134 Å². The Morgan fingerprint density at radius 3 is 2.00 bits per heavy atom. The van der Waals surface area contributed by atoms with E-state index < -0.39 is 0 Å². The van der Waals surface area contributed by atoms with Crippen molar-refractivity contribution in [1.29, 1.82) is 0 Å². The smallest absolute Gasteiger partial charge is 0.0140 e. The van der Waals surface area contributed by atoms with Crippen LogP contribution in [0.1, 0.15) is 49.9 Å². The van der Waals surface area contributed by atoms with Crippen LogP contribution in [-0.4, -0.2) is 0 Å². The summed E-state index contributed by atoms with van der Waals surface area (Å²) in [5, 5.41) is 5.76. The zero-order chi connectivity index (χ0) is 15.7. The van der Waals surface area contributed by atoms with Crippen LogP contribution in [-0.2, 0) is 25.7 Å². The highest BCUT2D eigenvalue weighted by Gasteiger charge is 2.11. The van der Waals surface area contributed by atoms with Crippen molar-refractivity contribution in [2.24, 2.45) is 0 Å². The molecule has 0 aromatic heterocycles. The van der Waals surface area contributed by atoms with Crippen molar-refractivity contribution in [3.8, 4) is 0 Å². The second-order valence-electron chi connectivity index (χ2n) is 6.12. The first-order valence-electron chi connectivity index (χ1n) is 8.72. The molecule has 0 bridgehead atoms. The predicted octanol–water partition coefficient (Wildman–Crippen LogP) is 6.24. The average Bonchev–Trinajstić information content (AvgIpc) is 2.57. The molecule has 0 heteroatoms. The normalized spacial score (nSPS) is 11.5. The van der Waals surface area contributed by atoms with Crippen LogP contribution in [0.3, 0.4) is 0 Å². The quantitative estimate of drug-likeness (QED) is 0.499. The van der Waals surface area contributed by atoms with Crippen LogP contribution >= 0.6 is 0 Å². The molecule has 22 heavy (non-hydrogen) atoms. The van der Waals surface area contributed by atoms with E-state index in [1.165, 1.54) is 43.8 Å². The van der Waals surface area contributed by atoms with Gasteiger partial charge in [0, 0.05) is 0 Å². The lowest BCUT2D eigenvalue weighted by Gasteiger charge is -2.16. The number of benzene rings is 3. The minimum Gasteiger partial charge on any atom is -0.0613 e. The zero-order valence-electron chi connectivity index (χ0n) is 14.3. The molecular weight excluding hydrogens is 264 g/mol. The summed E-state index contributed by atoms with van der Waals surface area (Å²) in [4.78, 5) is 0. The predicted molar refractivity (Wildman–Crippen MR) is 99.0 cm³/mol. The number of fused-ring (bicyclic) bond motifs is 2. The van der Waals surface area contributed by atoms with E-state index in [2.05, 4.69) is 64.1 Å². The van der Waals surface area contributed by atoms with Crippen molar-refractivity contribution in [2.75, 3.05) is 0 Å². The second kappa shape index (κ2) is 6.12. The van der Waals surface area contributed by atoms with Crippen LogP contribution in [0.15, 0.2) is 36.4 Å². The van der Waals surface area contributed by atoms with Crippen LogP contribution in [0.2, 0.25) is 0 Å². The summed E-state index contributed by atoms with van der Waals surface area (Å²) in [6.45, 7) is 9.06. The molecule has 114 valence electrons. The molecule has 0 radical (unpaired) electrons. The van der Waals surface area contributed by atoms with Gasteiger partial charge in [-0.2, -0.15) is 0 Å². The van der Waals surface area contributed by atoms with Crippen molar-refractivity contribution >= 4 is 21.5 Å². The highest BCUT2D eigenvalue weighted by atomic mass is 14.2. The Balaban J connectivity index is 2.46. The molecule has 0 spiro atoms. The largest absolute Gasteiger partial charge is 0.0613 e. The maximum Gasteiger partial charge on any atom is -0.0140 e. The Kier molecular flexibility index (Phi) is 4.20. The van der Waals surface area contributed by atoms with Crippen molar-refractivity contribution in [3.63, 3.8) is 0 Å². The Morgan fingerprint density at radius 2 is 1.36 bits per heavy atom. The zero-order valence-corrected chi connectivity index (χ0v) is 14.3. The summed E-state index contributed by atoms with van der Waals surface area (Å²) >= 11 is 0. The lowest BCUT2D eigenvalue weighted by Crippen LogP contribution is -1.96. The van der Waals surface area contributed by atoms with E-state index in [-0.39, 0.29) is 0 Å². The van der Waals surface area contributed by atoms with Gasteiger partial charge in [-0.25, -0.2) is 0 Å². The molecular formula is C22H26. The first-order chi connectivity index (χ1) is 10.7. The second-order valence-corrected chi connectivity index (χ2v) is 6.12. The van der Waals surface area contributed by atoms with Gasteiger partial charge in [0.2, 0.25) is 0 Å². The minimum atomic E-state index is 1.09. The van der Waals surface area contributed by atoms with Gasteiger partial charge in [0.05, 0.1) is 0 Å². The van der Waals surface area contributed by atoms with E-state index in [1.807, 2.05) is 0 Å². The lowest BCUT2D eigenvalue weighted by molar-refractivity contribution is 1.05. The number of hydrogen-bond donors (Lipinski definition) is 0. The molecule has 3 rings (SSSR count).